The fourth-order valence-corrected chi connectivity index (χ4v) is 1.07. The number of hydrogen-bond acceptors (Lipinski definition) is 4. The molecule has 0 aliphatic rings. The van der Waals surface area contributed by atoms with Crippen LogP contribution in [0.15, 0.2) is 6.20 Å². The number of hydrogen-bond donors (Lipinski definition) is 3. The number of nitrogens with zero attached hydrogens (tertiary/aromatic N) is 3. The quantitative estimate of drug-likeness (QED) is 0.540. The summed E-state index contributed by atoms with van der Waals surface area (Å²) in [5, 5.41) is 6.91. The summed E-state index contributed by atoms with van der Waals surface area (Å²) in [6.45, 7) is 0.566. The van der Waals surface area contributed by atoms with Gasteiger partial charge in [0.1, 0.15) is 5.82 Å². The highest BCUT2D eigenvalue weighted by Gasteiger charge is 2.05. The lowest BCUT2D eigenvalue weighted by Gasteiger charge is -1.87. The topological polar surface area (TPSA) is 98.0 Å². The minimum Gasteiger partial charge on any atom is -0.394 e. The van der Waals surface area contributed by atoms with E-state index in [1.807, 2.05) is 0 Å². The Morgan fingerprint density at radius 3 is 3.08 bits per heavy atom. The van der Waals surface area contributed by atoms with Crippen LogP contribution >= 0.6 is 0 Å². The SMILES string of the molecule is NCCc1nc2c(N)cnn2[nH]1. The van der Waals surface area contributed by atoms with Gasteiger partial charge in [-0.3, -0.25) is 5.10 Å². The second-order valence-electron chi connectivity index (χ2n) is 2.54. The van der Waals surface area contributed by atoms with Gasteiger partial charge in [-0.15, -0.1) is 0 Å². The van der Waals surface area contributed by atoms with Gasteiger partial charge in [0.2, 0.25) is 0 Å². The molecule has 0 aliphatic heterocycles. The number of nitrogen functional groups attached to an aromatic ring is 1. The zero-order valence-corrected chi connectivity index (χ0v) is 6.49. The zero-order valence-electron chi connectivity index (χ0n) is 6.49. The molecule has 2 rings (SSSR count). The predicted octanol–water partition coefficient (Wildman–Crippen LogP) is -0.859. The summed E-state index contributed by atoms with van der Waals surface area (Å²) in [5.41, 5.74) is 12.2. The van der Waals surface area contributed by atoms with Crippen LogP contribution in [0.2, 0.25) is 0 Å². The smallest absolute Gasteiger partial charge is 0.198 e. The number of aromatic amines is 1. The van der Waals surface area contributed by atoms with Gasteiger partial charge in [-0.05, 0) is 6.54 Å². The Morgan fingerprint density at radius 1 is 1.58 bits per heavy atom. The molecule has 2 aromatic rings. The average molecular weight is 166 g/mol. The summed E-state index contributed by atoms with van der Waals surface area (Å²) in [7, 11) is 0. The van der Waals surface area contributed by atoms with E-state index in [0.29, 0.717) is 24.3 Å². The fraction of sp³-hybridized carbons (Fsp3) is 0.333. The van der Waals surface area contributed by atoms with Crippen LogP contribution in [0.4, 0.5) is 5.69 Å². The molecule has 0 atom stereocenters. The van der Waals surface area contributed by atoms with Gasteiger partial charge in [0.25, 0.3) is 0 Å². The molecule has 2 heterocycles. The zero-order chi connectivity index (χ0) is 8.55. The van der Waals surface area contributed by atoms with E-state index in [4.69, 9.17) is 11.5 Å². The summed E-state index contributed by atoms with van der Waals surface area (Å²) in [5.74, 6) is 0.812. The highest BCUT2D eigenvalue weighted by atomic mass is 15.5. The van der Waals surface area contributed by atoms with Gasteiger partial charge < -0.3 is 11.5 Å². The molecule has 0 aromatic carbocycles. The number of aromatic nitrogens is 4. The Hall–Kier alpha value is -1.56. The monoisotopic (exact) mass is 166 g/mol. The van der Waals surface area contributed by atoms with E-state index in [-0.39, 0.29) is 0 Å². The summed E-state index contributed by atoms with van der Waals surface area (Å²) in [6, 6.07) is 0. The molecular formula is C6H10N6. The van der Waals surface area contributed by atoms with Crippen molar-refractivity contribution in [2.24, 2.45) is 5.73 Å². The molecule has 0 spiro atoms. The molecule has 0 saturated heterocycles. The maximum Gasteiger partial charge on any atom is 0.198 e. The Labute approximate surface area is 68.5 Å². The molecule has 2 aromatic heterocycles. The van der Waals surface area contributed by atoms with Gasteiger partial charge in [0.05, 0.1) is 11.9 Å². The van der Waals surface area contributed by atoms with Crippen molar-refractivity contribution in [3.05, 3.63) is 12.0 Å². The lowest BCUT2D eigenvalue weighted by molar-refractivity contribution is 0.775. The molecule has 0 amide bonds. The van der Waals surface area contributed by atoms with Crippen LogP contribution in [0.3, 0.4) is 0 Å². The maximum absolute atomic E-state index is 5.59. The first-order valence-electron chi connectivity index (χ1n) is 3.69. The third kappa shape index (κ3) is 0.928. The Balaban J connectivity index is 2.48. The Bertz CT molecular complexity index is 386. The van der Waals surface area contributed by atoms with Crippen LogP contribution in [-0.2, 0) is 6.42 Å². The van der Waals surface area contributed by atoms with E-state index in [1.54, 1.807) is 10.8 Å². The van der Waals surface area contributed by atoms with Crippen LogP contribution in [0.1, 0.15) is 5.82 Å². The van der Waals surface area contributed by atoms with Crippen LogP contribution in [-0.4, -0.2) is 26.4 Å². The van der Waals surface area contributed by atoms with E-state index in [1.165, 1.54) is 0 Å². The molecular weight excluding hydrogens is 156 g/mol. The summed E-state index contributed by atoms with van der Waals surface area (Å²) >= 11 is 0. The van der Waals surface area contributed by atoms with Crippen LogP contribution < -0.4 is 11.5 Å². The predicted molar refractivity (Wildman–Crippen MR) is 44.5 cm³/mol. The molecule has 0 unspecified atom stereocenters. The normalized spacial score (nSPS) is 11.1. The van der Waals surface area contributed by atoms with Crippen molar-refractivity contribution in [3.63, 3.8) is 0 Å². The van der Waals surface area contributed by atoms with E-state index >= 15 is 0 Å². The van der Waals surface area contributed by atoms with Crippen LogP contribution in [0.5, 0.6) is 0 Å². The van der Waals surface area contributed by atoms with Gasteiger partial charge in [0, 0.05) is 6.42 Å². The maximum atomic E-state index is 5.59. The molecule has 6 nitrogen and oxygen atoms in total. The van der Waals surface area contributed by atoms with Gasteiger partial charge >= 0.3 is 0 Å². The lowest BCUT2D eigenvalue weighted by Crippen LogP contribution is -2.04. The van der Waals surface area contributed by atoms with Crippen LogP contribution in [0, 0.1) is 0 Å². The van der Waals surface area contributed by atoms with Gasteiger partial charge in [0.15, 0.2) is 5.65 Å². The minimum absolute atomic E-state index is 0.566. The standard InChI is InChI=1S/C6H10N6/c7-2-1-5-10-6-4(8)3-9-12(6)11-5/h3H,1-2,7-8H2,(H,10,11). The largest absolute Gasteiger partial charge is 0.394 e. The van der Waals surface area contributed by atoms with Crippen molar-refractivity contribution in [2.75, 3.05) is 12.3 Å². The van der Waals surface area contributed by atoms with E-state index in [0.717, 1.165) is 5.82 Å². The van der Waals surface area contributed by atoms with E-state index in [2.05, 4.69) is 15.2 Å². The van der Waals surface area contributed by atoms with Crippen molar-refractivity contribution in [3.8, 4) is 0 Å². The fourth-order valence-electron chi connectivity index (χ4n) is 1.07. The van der Waals surface area contributed by atoms with Crippen molar-refractivity contribution >= 4 is 11.3 Å². The number of H-pyrrole nitrogens is 1. The molecule has 0 radical (unpaired) electrons. The number of nitrogens with two attached hydrogens (primary N) is 2. The summed E-state index contributed by atoms with van der Waals surface area (Å²) < 4.78 is 1.54. The van der Waals surface area contributed by atoms with Gasteiger partial charge in [-0.25, -0.2) is 4.98 Å². The molecule has 12 heavy (non-hydrogen) atoms. The lowest BCUT2D eigenvalue weighted by atomic mass is 10.4. The highest BCUT2D eigenvalue weighted by Crippen LogP contribution is 2.08. The average Bonchev–Trinajstić information content (AvgIpc) is 2.55. The number of rotatable bonds is 2. The van der Waals surface area contributed by atoms with Crippen molar-refractivity contribution < 1.29 is 0 Å². The minimum atomic E-state index is 0.566. The van der Waals surface area contributed by atoms with Crippen molar-refractivity contribution in [1.82, 2.24) is 19.8 Å². The van der Waals surface area contributed by atoms with E-state index in [9.17, 15) is 0 Å². The second kappa shape index (κ2) is 2.49. The summed E-state index contributed by atoms with van der Waals surface area (Å²) in [4.78, 5) is 4.20. The number of nitrogens with one attached hydrogen (secondary N) is 1. The van der Waals surface area contributed by atoms with Crippen molar-refractivity contribution in [1.29, 1.82) is 0 Å². The third-order valence-electron chi connectivity index (χ3n) is 1.63. The molecule has 0 bridgehead atoms. The summed E-state index contributed by atoms with van der Waals surface area (Å²) in [6.07, 6.45) is 2.27. The van der Waals surface area contributed by atoms with E-state index < -0.39 is 0 Å². The first-order chi connectivity index (χ1) is 5.81. The molecule has 6 heteroatoms. The molecule has 0 saturated carbocycles. The van der Waals surface area contributed by atoms with Crippen LogP contribution in [0.25, 0.3) is 5.65 Å². The third-order valence-corrected chi connectivity index (χ3v) is 1.63. The number of anilines is 1. The highest BCUT2D eigenvalue weighted by molar-refractivity contribution is 5.62. The first kappa shape index (κ1) is 7.11. The molecule has 0 aliphatic carbocycles. The molecule has 5 N–H and O–H groups in total. The second-order valence-corrected chi connectivity index (χ2v) is 2.54. The van der Waals surface area contributed by atoms with Gasteiger partial charge in [-0.1, -0.05) is 0 Å². The van der Waals surface area contributed by atoms with Gasteiger partial charge in [-0.2, -0.15) is 9.73 Å². The van der Waals surface area contributed by atoms with Crippen molar-refractivity contribution in [2.45, 2.75) is 6.42 Å². The Morgan fingerprint density at radius 2 is 2.42 bits per heavy atom. The first-order valence-corrected chi connectivity index (χ1v) is 3.69. The number of fused-ring (bicyclic) bond motifs is 1. The Kier molecular flexibility index (Phi) is 1.47. The molecule has 64 valence electrons. The molecule has 0 fully saturated rings.